The molecule has 0 aromatic heterocycles. The summed E-state index contributed by atoms with van der Waals surface area (Å²) in [6, 6.07) is 6.94. The maximum absolute atomic E-state index is 12.7. The number of rotatable bonds is 2. The fourth-order valence-corrected chi connectivity index (χ4v) is 3.96. The Morgan fingerprint density at radius 2 is 1.62 bits per heavy atom. The summed E-state index contributed by atoms with van der Waals surface area (Å²) in [5.41, 5.74) is 7.83. The molecule has 0 bridgehead atoms. The Balaban J connectivity index is 2.51. The van der Waals surface area contributed by atoms with Crippen LogP contribution >= 0.6 is 15.9 Å². The first-order chi connectivity index (χ1) is 11.3. The molecule has 0 atom stereocenters. The van der Waals surface area contributed by atoms with Gasteiger partial charge in [-0.1, -0.05) is 29.4 Å². The summed E-state index contributed by atoms with van der Waals surface area (Å²) in [6.45, 7) is 0. The number of azide groups is 1. The number of halogens is 1. The molecule has 0 saturated heterocycles. The largest absolute Gasteiger partial charge is 0.295 e. The van der Waals surface area contributed by atoms with E-state index in [4.69, 9.17) is 5.53 Å². The van der Waals surface area contributed by atoms with Gasteiger partial charge in [-0.15, -0.1) is 0 Å². The van der Waals surface area contributed by atoms with E-state index in [2.05, 4.69) is 26.0 Å². The van der Waals surface area contributed by atoms with Gasteiger partial charge in [0.05, 0.1) is 5.69 Å². The highest BCUT2D eigenvalue weighted by atomic mass is 79.9. The molecule has 3 rings (SSSR count). The molecule has 1 aliphatic carbocycles. The number of ketones is 2. The van der Waals surface area contributed by atoms with Gasteiger partial charge in [0.1, 0.15) is 4.90 Å². The first-order valence-electron chi connectivity index (χ1n) is 6.35. The van der Waals surface area contributed by atoms with Crippen LogP contribution in [0, 0.1) is 0 Å². The summed E-state index contributed by atoms with van der Waals surface area (Å²) < 4.78 is 32.4. The van der Waals surface area contributed by atoms with Crippen molar-refractivity contribution in [2.75, 3.05) is 0 Å². The minimum absolute atomic E-state index is 0.00475. The van der Waals surface area contributed by atoms with Crippen molar-refractivity contribution in [1.29, 1.82) is 0 Å². The predicted molar refractivity (Wildman–Crippen MR) is 86.1 cm³/mol. The van der Waals surface area contributed by atoms with Crippen LogP contribution in [0.4, 0.5) is 5.69 Å². The normalized spacial score (nSPS) is 13.1. The van der Waals surface area contributed by atoms with Gasteiger partial charge in [-0.3, -0.25) is 14.1 Å². The monoisotopic (exact) mass is 407 g/mol. The quantitative estimate of drug-likeness (QED) is 0.300. The van der Waals surface area contributed by atoms with E-state index in [1.54, 1.807) is 12.1 Å². The van der Waals surface area contributed by atoms with Crippen LogP contribution in [0.3, 0.4) is 0 Å². The fraction of sp³-hybridized carbons (Fsp3) is 0. The minimum atomic E-state index is -4.79. The third-order valence-electron chi connectivity index (χ3n) is 3.51. The van der Waals surface area contributed by atoms with Crippen molar-refractivity contribution in [2.45, 2.75) is 4.90 Å². The summed E-state index contributed by atoms with van der Waals surface area (Å²) in [5, 5.41) is 3.23. The van der Waals surface area contributed by atoms with Crippen LogP contribution in [0.2, 0.25) is 0 Å². The molecule has 24 heavy (non-hydrogen) atoms. The standard InChI is InChI=1S/C14H6BrN3O5S/c15-8-5-9(24(21,22)23)12(17-18-16)11-10(8)13(19)6-3-1-2-4-7(6)14(11)20/h1-5H,(H,21,22,23). The van der Waals surface area contributed by atoms with Crippen molar-refractivity contribution in [3.63, 3.8) is 0 Å². The topological polar surface area (TPSA) is 137 Å². The molecule has 0 saturated carbocycles. The average Bonchev–Trinajstić information content (AvgIpc) is 2.53. The lowest BCUT2D eigenvalue weighted by molar-refractivity contribution is 0.0978. The van der Waals surface area contributed by atoms with E-state index in [1.165, 1.54) is 12.1 Å². The highest BCUT2D eigenvalue weighted by Gasteiger charge is 2.36. The zero-order valence-electron chi connectivity index (χ0n) is 11.6. The molecule has 0 aliphatic heterocycles. The van der Waals surface area contributed by atoms with E-state index in [-0.39, 0.29) is 26.7 Å². The summed E-state index contributed by atoms with van der Waals surface area (Å²) in [4.78, 5) is 27.2. The Bertz CT molecular complexity index is 1090. The highest BCUT2D eigenvalue weighted by Crippen LogP contribution is 2.41. The zero-order valence-corrected chi connectivity index (χ0v) is 14.0. The van der Waals surface area contributed by atoms with E-state index < -0.39 is 32.3 Å². The summed E-state index contributed by atoms with van der Waals surface area (Å²) in [6.07, 6.45) is 0. The number of carbonyl (C=O) groups is 2. The third kappa shape index (κ3) is 2.33. The van der Waals surface area contributed by atoms with Gasteiger partial charge in [0, 0.05) is 31.6 Å². The van der Waals surface area contributed by atoms with Crippen molar-refractivity contribution in [3.05, 3.63) is 67.5 Å². The molecule has 2 aromatic carbocycles. The van der Waals surface area contributed by atoms with Gasteiger partial charge >= 0.3 is 0 Å². The molecule has 8 nitrogen and oxygen atoms in total. The van der Waals surface area contributed by atoms with Crippen molar-refractivity contribution in [3.8, 4) is 0 Å². The summed E-state index contributed by atoms with van der Waals surface area (Å²) in [5.74, 6) is -1.20. The van der Waals surface area contributed by atoms with Gasteiger partial charge in [-0.05, 0) is 27.5 Å². The lowest BCUT2D eigenvalue weighted by atomic mass is 9.83. The molecule has 1 aliphatic rings. The van der Waals surface area contributed by atoms with E-state index in [0.717, 1.165) is 6.07 Å². The van der Waals surface area contributed by atoms with Crippen LogP contribution in [0.1, 0.15) is 31.8 Å². The van der Waals surface area contributed by atoms with Gasteiger partial charge in [-0.2, -0.15) is 8.42 Å². The van der Waals surface area contributed by atoms with E-state index in [0.29, 0.717) is 0 Å². The molecule has 0 radical (unpaired) electrons. The minimum Gasteiger partial charge on any atom is -0.289 e. The number of fused-ring (bicyclic) bond motifs is 2. The fourth-order valence-electron chi connectivity index (χ4n) is 2.55. The van der Waals surface area contributed by atoms with Crippen LogP contribution < -0.4 is 0 Å². The van der Waals surface area contributed by atoms with Crippen molar-refractivity contribution < 1.29 is 22.6 Å². The maximum Gasteiger partial charge on any atom is 0.295 e. The smallest absolute Gasteiger partial charge is 0.289 e. The van der Waals surface area contributed by atoms with Crippen LogP contribution in [0.15, 0.2) is 44.8 Å². The molecule has 0 spiro atoms. The first-order valence-corrected chi connectivity index (χ1v) is 8.58. The Kier molecular flexibility index (Phi) is 3.77. The van der Waals surface area contributed by atoms with Gasteiger partial charge in [0.2, 0.25) is 0 Å². The second-order valence-electron chi connectivity index (χ2n) is 4.82. The second-order valence-corrected chi connectivity index (χ2v) is 7.07. The molecule has 0 fully saturated rings. The highest BCUT2D eigenvalue weighted by molar-refractivity contribution is 9.10. The van der Waals surface area contributed by atoms with E-state index in [1.807, 2.05) is 0 Å². The van der Waals surface area contributed by atoms with E-state index >= 15 is 0 Å². The average molecular weight is 408 g/mol. The first kappa shape index (κ1) is 16.3. The van der Waals surface area contributed by atoms with Crippen molar-refractivity contribution in [2.24, 2.45) is 5.11 Å². The lowest BCUT2D eigenvalue weighted by Crippen LogP contribution is -2.22. The molecule has 0 unspecified atom stereocenters. The van der Waals surface area contributed by atoms with Crippen molar-refractivity contribution in [1.82, 2.24) is 0 Å². The Hall–Kier alpha value is -2.52. The lowest BCUT2D eigenvalue weighted by Gasteiger charge is -2.21. The van der Waals surface area contributed by atoms with Crippen LogP contribution in [0.25, 0.3) is 10.4 Å². The van der Waals surface area contributed by atoms with Crippen LogP contribution in [-0.2, 0) is 10.1 Å². The maximum atomic E-state index is 12.7. The number of nitrogens with zero attached hydrogens (tertiary/aromatic N) is 3. The Labute approximate surface area is 143 Å². The Morgan fingerprint density at radius 3 is 2.12 bits per heavy atom. The van der Waals surface area contributed by atoms with Crippen molar-refractivity contribution >= 4 is 43.3 Å². The van der Waals surface area contributed by atoms with Gasteiger partial charge < -0.3 is 0 Å². The van der Waals surface area contributed by atoms with Gasteiger partial charge in [0.15, 0.2) is 11.6 Å². The summed E-state index contributed by atoms with van der Waals surface area (Å²) >= 11 is 3.05. The van der Waals surface area contributed by atoms with Crippen LogP contribution in [-0.4, -0.2) is 24.5 Å². The molecule has 0 heterocycles. The van der Waals surface area contributed by atoms with Gasteiger partial charge in [0.25, 0.3) is 10.1 Å². The molecule has 1 N–H and O–H groups in total. The number of carbonyl (C=O) groups excluding carboxylic acids is 2. The molecule has 2 aromatic rings. The number of hydrogen-bond acceptors (Lipinski definition) is 5. The molecular weight excluding hydrogens is 402 g/mol. The molecule has 10 heteroatoms. The summed E-state index contributed by atoms with van der Waals surface area (Å²) in [7, 11) is -4.79. The zero-order chi connectivity index (χ0) is 17.6. The van der Waals surface area contributed by atoms with E-state index in [9.17, 15) is 22.6 Å². The van der Waals surface area contributed by atoms with Crippen LogP contribution in [0.5, 0.6) is 0 Å². The number of hydrogen-bond donors (Lipinski definition) is 1. The SMILES string of the molecule is [N-]=[N+]=Nc1c(S(=O)(=O)O)cc(Br)c2c1C(=O)c1ccccc1C2=O. The second kappa shape index (κ2) is 5.53. The Morgan fingerprint density at radius 1 is 1.08 bits per heavy atom. The third-order valence-corrected chi connectivity index (χ3v) is 5.00. The molecule has 0 amide bonds. The number of benzene rings is 2. The molecular formula is C14H6BrN3O5S. The predicted octanol–water partition coefficient (Wildman–Crippen LogP) is 3.41. The molecule has 120 valence electrons. The van der Waals surface area contributed by atoms with Gasteiger partial charge in [-0.25, -0.2) is 0 Å².